The number of benzene rings is 1. The Kier molecular flexibility index (Phi) is 3.33. The molecular weight excluding hydrogens is 258 g/mol. The Morgan fingerprint density at radius 3 is 2.67 bits per heavy atom. The van der Waals surface area contributed by atoms with Gasteiger partial charge in [0.1, 0.15) is 17.5 Å². The predicted octanol–water partition coefficient (Wildman–Crippen LogP) is 0.697. The number of hydrogen-bond acceptors (Lipinski definition) is 5. The van der Waals surface area contributed by atoms with Crippen LogP contribution in [-0.4, -0.2) is 49.8 Å². The van der Waals surface area contributed by atoms with Gasteiger partial charge < -0.3 is 20.2 Å². The van der Waals surface area contributed by atoms with Gasteiger partial charge in [0, 0.05) is 11.8 Å². The van der Waals surface area contributed by atoms with Crippen molar-refractivity contribution in [3.05, 3.63) is 23.8 Å². The van der Waals surface area contributed by atoms with E-state index in [0.717, 1.165) is 6.07 Å². The summed E-state index contributed by atoms with van der Waals surface area (Å²) < 4.78 is 0. The number of phenolic OH excluding ortho intramolecular Hbond substituents is 2. The highest BCUT2D eigenvalue weighted by atomic mass is 32.2. The van der Waals surface area contributed by atoms with E-state index in [9.17, 15) is 14.7 Å². The van der Waals surface area contributed by atoms with Gasteiger partial charge >= 0.3 is 5.97 Å². The van der Waals surface area contributed by atoms with Crippen LogP contribution in [0.3, 0.4) is 0 Å². The maximum Gasteiger partial charge on any atom is 0.327 e. The summed E-state index contributed by atoms with van der Waals surface area (Å²) in [6.07, 6.45) is 0. The fraction of sp³-hybridized carbons (Fsp3) is 0.273. The van der Waals surface area contributed by atoms with Crippen LogP contribution in [0.15, 0.2) is 18.2 Å². The van der Waals surface area contributed by atoms with Crippen molar-refractivity contribution in [2.24, 2.45) is 0 Å². The first-order valence-corrected chi connectivity index (χ1v) is 6.29. The van der Waals surface area contributed by atoms with E-state index < -0.39 is 17.9 Å². The van der Waals surface area contributed by atoms with Crippen molar-refractivity contribution < 1.29 is 24.9 Å². The monoisotopic (exact) mass is 269 g/mol. The van der Waals surface area contributed by atoms with Gasteiger partial charge in [-0.05, 0) is 12.1 Å². The third kappa shape index (κ3) is 2.21. The first-order valence-electron chi connectivity index (χ1n) is 5.14. The number of amides is 1. The lowest BCUT2D eigenvalue weighted by atomic mass is 10.1. The molecule has 0 aliphatic carbocycles. The number of carboxylic acid groups (broad SMARTS) is 1. The summed E-state index contributed by atoms with van der Waals surface area (Å²) >= 11 is 1.34. The van der Waals surface area contributed by atoms with Crippen molar-refractivity contribution in [1.82, 2.24) is 4.90 Å². The number of nitrogens with zero attached hydrogens (tertiary/aromatic N) is 1. The van der Waals surface area contributed by atoms with Crippen LogP contribution in [0.2, 0.25) is 0 Å². The van der Waals surface area contributed by atoms with Gasteiger partial charge in [-0.3, -0.25) is 4.79 Å². The van der Waals surface area contributed by atoms with E-state index in [1.165, 1.54) is 28.8 Å². The normalized spacial score (nSPS) is 18.9. The molecule has 1 aliphatic heterocycles. The molecule has 0 radical (unpaired) electrons. The highest BCUT2D eigenvalue weighted by Gasteiger charge is 2.35. The van der Waals surface area contributed by atoms with E-state index in [0.29, 0.717) is 5.75 Å². The number of hydrogen-bond donors (Lipinski definition) is 3. The van der Waals surface area contributed by atoms with Gasteiger partial charge in [0.05, 0.1) is 11.4 Å². The third-order valence-electron chi connectivity index (χ3n) is 2.64. The Bertz CT molecular complexity index is 504. The van der Waals surface area contributed by atoms with Crippen molar-refractivity contribution in [2.75, 3.05) is 11.6 Å². The lowest BCUT2D eigenvalue weighted by molar-refractivity contribution is -0.140. The van der Waals surface area contributed by atoms with Crippen molar-refractivity contribution in [3.8, 4) is 11.5 Å². The Morgan fingerprint density at radius 2 is 2.06 bits per heavy atom. The smallest absolute Gasteiger partial charge is 0.327 e. The molecule has 1 heterocycles. The van der Waals surface area contributed by atoms with Crippen molar-refractivity contribution in [3.63, 3.8) is 0 Å². The van der Waals surface area contributed by atoms with Crippen LogP contribution < -0.4 is 0 Å². The van der Waals surface area contributed by atoms with Crippen molar-refractivity contribution in [2.45, 2.75) is 6.04 Å². The molecule has 1 aromatic carbocycles. The number of carbonyl (C=O) groups excluding carboxylic acids is 1. The van der Waals surface area contributed by atoms with Crippen molar-refractivity contribution >= 4 is 23.6 Å². The summed E-state index contributed by atoms with van der Waals surface area (Å²) in [4.78, 5) is 24.3. The molecule has 0 bridgehead atoms. The minimum Gasteiger partial charge on any atom is -0.508 e. The third-order valence-corrected chi connectivity index (χ3v) is 3.65. The van der Waals surface area contributed by atoms with E-state index in [2.05, 4.69) is 0 Å². The number of aromatic hydroxyl groups is 2. The van der Waals surface area contributed by atoms with Crippen LogP contribution in [0.25, 0.3) is 0 Å². The molecule has 7 heteroatoms. The van der Waals surface area contributed by atoms with Gasteiger partial charge in [0.25, 0.3) is 5.91 Å². The molecule has 2 rings (SSSR count). The zero-order valence-electron chi connectivity index (χ0n) is 9.24. The second kappa shape index (κ2) is 4.77. The molecule has 1 fully saturated rings. The first kappa shape index (κ1) is 12.6. The second-order valence-corrected chi connectivity index (χ2v) is 4.83. The fourth-order valence-electron chi connectivity index (χ4n) is 1.70. The Labute approximate surface area is 107 Å². The lowest BCUT2D eigenvalue weighted by Crippen LogP contribution is -2.41. The maximum atomic E-state index is 12.1. The molecule has 0 aromatic heterocycles. The summed E-state index contributed by atoms with van der Waals surface area (Å²) in [6.45, 7) is 0. The summed E-state index contributed by atoms with van der Waals surface area (Å²) in [5.74, 6) is -1.53. The number of phenols is 2. The highest BCUT2D eigenvalue weighted by Crippen LogP contribution is 2.28. The van der Waals surface area contributed by atoms with Crippen LogP contribution in [0.4, 0.5) is 0 Å². The molecule has 1 amide bonds. The standard InChI is InChI=1S/C11H11NO5S/c13-6-1-2-7(9(14)3-6)10(15)12-5-18-4-8(12)11(16)17/h1-3,8,13-14H,4-5H2,(H,16,17). The second-order valence-electron chi connectivity index (χ2n) is 3.83. The van der Waals surface area contributed by atoms with Crippen LogP contribution in [-0.2, 0) is 4.79 Å². The largest absolute Gasteiger partial charge is 0.508 e. The summed E-state index contributed by atoms with van der Waals surface area (Å²) in [5, 5.41) is 27.7. The van der Waals surface area contributed by atoms with Gasteiger partial charge in [-0.1, -0.05) is 0 Å². The number of carbonyl (C=O) groups is 2. The number of carboxylic acids is 1. The van der Waals surface area contributed by atoms with Gasteiger partial charge in [0.2, 0.25) is 0 Å². The molecule has 6 nitrogen and oxygen atoms in total. The molecule has 3 N–H and O–H groups in total. The summed E-state index contributed by atoms with van der Waals surface area (Å²) in [7, 11) is 0. The van der Waals surface area contributed by atoms with Crippen molar-refractivity contribution in [1.29, 1.82) is 0 Å². The quantitative estimate of drug-likeness (QED) is 0.731. The molecule has 0 saturated carbocycles. The molecule has 1 unspecified atom stereocenters. The van der Waals surface area contributed by atoms with E-state index >= 15 is 0 Å². The lowest BCUT2D eigenvalue weighted by Gasteiger charge is -2.20. The molecule has 1 atom stereocenters. The number of thioether (sulfide) groups is 1. The molecular formula is C11H11NO5S. The maximum absolute atomic E-state index is 12.1. The minimum absolute atomic E-state index is 0.0125. The Balaban J connectivity index is 2.28. The molecule has 18 heavy (non-hydrogen) atoms. The zero-order chi connectivity index (χ0) is 13.3. The average molecular weight is 269 g/mol. The van der Waals surface area contributed by atoms with E-state index in [1.807, 2.05) is 0 Å². The number of rotatable bonds is 2. The van der Waals surface area contributed by atoms with Gasteiger partial charge in [-0.2, -0.15) is 0 Å². The molecule has 1 aromatic rings. The summed E-state index contributed by atoms with van der Waals surface area (Å²) in [5.41, 5.74) is -0.0125. The van der Waals surface area contributed by atoms with Crippen LogP contribution in [0.5, 0.6) is 11.5 Å². The Hall–Kier alpha value is -1.89. The van der Waals surface area contributed by atoms with E-state index in [1.54, 1.807) is 0 Å². The van der Waals surface area contributed by atoms with Gasteiger partial charge in [-0.25, -0.2) is 4.79 Å². The van der Waals surface area contributed by atoms with E-state index in [4.69, 9.17) is 10.2 Å². The first-order chi connectivity index (χ1) is 8.50. The van der Waals surface area contributed by atoms with E-state index in [-0.39, 0.29) is 22.9 Å². The average Bonchev–Trinajstić information content (AvgIpc) is 2.77. The topological polar surface area (TPSA) is 98.1 Å². The highest BCUT2D eigenvalue weighted by molar-refractivity contribution is 7.99. The van der Waals surface area contributed by atoms with Crippen LogP contribution in [0.1, 0.15) is 10.4 Å². The summed E-state index contributed by atoms with van der Waals surface area (Å²) in [6, 6.07) is 2.71. The van der Waals surface area contributed by atoms with Crippen LogP contribution in [0, 0.1) is 0 Å². The predicted molar refractivity (Wildman–Crippen MR) is 64.7 cm³/mol. The minimum atomic E-state index is -1.06. The number of aliphatic carboxylic acids is 1. The zero-order valence-corrected chi connectivity index (χ0v) is 10.1. The SMILES string of the molecule is O=C(O)C1CSCN1C(=O)c1ccc(O)cc1O. The molecule has 0 spiro atoms. The molecule has 96 valence electrons. The van der Waals surface area contributed by atoms with Crippen LogP contribution >= 0.6 is 11.8 Å². The van der Waals surface area contributed by atoms with Gasteiger partial charge in [-0.15, -0.1) is 11.8 Å². The Morgan fingerprint density at radius 1 is 1.33 bits per heavy atom. The van der Waals surface area contributed by atoms with Gasteiger partial charge in [0.15, 0.2) is 0 Å². The molecule has 1 saturated heterocycles. The fourth-order valence-corrected chi connectivity index (χ4v) is 2.85. The molecule has 1 aliphatic rings.